The van der Waals surface area contributed by atoms with E-state index in [2.05, 4.69) is 10.6 Å². The van der Waals surface area contributed by atoms with Crippen LogP contribution < -0.4 is 16.4 Å². The lowest BCUT2D eigenvalue weighted by atomic mass is 9.94. The number of hydrogen-bond donors (Lipinski definition) is 3. The fraction of sp³-hybridized carbons (Fsp3) is 0.529. The molecule has 0 aliphatic carbocycles. The first-order chi connectivity index (χ1) is 10.9. The third-order valence-corrected chi connectivity index (χ3v) is 4.27. The van der Waals surface area contributed by atoms with Crippen LogP contribution in [0.1, 0.15) is 49.9 Å². The summed E-state index contributed by atoms with van der Waals surface area (Å²) < 4.78 is 0. The van der Waals surface area contributed by atoms with E-state index in [-0.39, 0.29) is 29.8 Å². The van der Waals surface area contributed by atoms with Gasteiger partial charge in [-0.2, -0.15) is 0 Å². The minimum absolute atomic E-state index is 0. The lowest BCUT2D eigenvalue weighted by Gasteiger charge is -2.26. The lowest BCUT2D eigenvalue weighted by Crippen LogP contribution is -2.49. The second kappa shape index (κ2) is 11.3. The van der Waals surface area contributed by atoms with Gasteiger partial charge in [-0.3, -0.25) is 9.59 Å². The minimum Gasteiger partial charge on any atom is -0.354 e. The number of nitrogens with two attached hydrogens (primary N) is 1. The van der Waals surface area contributed by atoms with E-state index in [0.29, 0.717) is 36.5 Å². The van der Waals surface area contributed by atoms with E-state index in [9.17, 15) is 9.59 Å². The van der Waals surface area contributed by atoms with Gasteiger partial charge in [-0.15, -0.1) is 12.4 Å². The first kappa shape index (κ1) is 22.7. The van der Waals surface area contributed by atoms with E-state index in [1.165, 1.54) is 0 Å². The Morgan fingerprint density at radius 3 is 2.25 bits per heavy atom. The standard InChI is InChI=1S/C17H26ClN3O2.ClH/c1-3-17(19,4-2)12-21-15(22)6-5-11-20-16(23)13-7-9-14(18)10-8-13;/h7-10H,3-6,11-12,19H2,1-2H3,(H,20,23)(H,21,22);1H. The first-order valence-electron chi connectivity index (χ1n) is 7.99. The zero-order valence-corrected chi connectivity index (χ0v) is 15.8. The molecule has 2 amide bonds. The average molecular weight is 376 g/mol. The Bertz CT molecular complexity index is 517. The fourth-order valence-corrected chi connectivity index (χ4v) is 2.14. The monoisotopic (exact) mass is 375 g/mol. The van der Waals surface area contributed by atoms with E-state index in [0.717, 1.165) is 12.8 Å². The lowest BCUT2D eigenvalue weighted by molar-refractivity contribution is -0.121. The molecule has 4 N–H and O–H groups in total. The Hall–Kier alpha value is -1.30. The van der Waals surface area contributed by atoms with Gasteiger partial charge in [0.05, 0.1) is 0 Å². The SMILES string of the molecule is CCC(N)(CC)CNC(=O)CCCNC(=O)c1ccc(Cl)cc1.Cl. The van der Waals surface area contributed by atoms with E-state index < -0.39 is 0 Å². The van der Waals surface area contributed by atoms with Gasteiger partial charge < -0.3 is 16.4 Å². The highest BCUT2D eigenvalue weighted by molar-refractivity contribution is 6.30. The van der Waals surface area contributed by atoms with Crippen molar-refractivity contribution < 1.29 is 9.59 Å². The second-order valence-corrected chi connectivity index (χ2v) is 6.15. The first-order valence-corrected chi connectivity index (χ1v) is 8.37. The largest absolute Gasteiger partial charge is 0.354 e. The number of carbonyl (C=O) groups excluding carboxylic acids is 2. The molecule has 1 aromatic rings. The minimum atomic E-state index is -0.335. The van der Waals surface area contributed by atoms with Crippen LogP contribution in [-0.2, 0) is 4.79 Å². The van der Waals surface area contributed by atoms with Gasteiger partial charge in [-0.25, -0.2) is 0 Å². The zero-order chi connectivity index (χ0) is 17.3. The van der Waals surface area contributed by atoms with E-state index in [4.69, 9.17) is 17.3 Å². The van der Waals surface area contributed by atoms with E-state index in [1.807, 2.05) is 13.8 Å². The van der Waals surface area contributed by atoms with Crippen molar-refractivity contribution in [2.75, 3.05) is 13.1 Å². The van der Waals surface area contributed by atoms with Crippen LogP contribution in [0, 0.1) is 0 Å². The predicted octanol–water partition coefficient (Wildman–Crippen LogP) is 2.91. The van der Waals surface area contributed by atoms with Crippen molar-refractivity contribution in [2.45, 2.75) is 45.1 Å². The van der Waals surface area contributed by atoms with Crippen LogP contribution in [0.4, 0.5) is 0 Å². The highest BCUT2D eigenvalue weighted by Gasteiger charge is 2.20. The maximum Gasteiger partial charge on any atom is 0.251 e. The molecule has 7 heteroatoms. The molecule has 0 aromatic heterocycles. The van der Waals surface area contributed by atoms with Crippen molar-refractivity contribution in [3.63, 3.8) is 0 Å². The highest BCUT2D eigenvalue weighted by Crippen LogP contribution is 2.10. The fourth-order valence-electron chi connectivity index (χ4n) is 2.02. The maximum absolute atomic E-state index is 11.9. The molecule has 5 nitrogen and oxygen atoms in total. The molecule has 0 bridgehead atoms. The second-order valence-electron chi connectivity index (χ2n) is 5.71. The van der Waals surface area contributed by atoms with Crippen molar-refractivity contribution in [2.24, 2.45) is 5.73 Å². The van der Waals surface area contributed by atoms with Crippen LogP contribution >= 0.6 is 24.0 Å². The summed E-state index contributed by atoms with van der Waals surface area (Å²) in [6.07, 6.45) is 2.59. The van der Waals surface area contributed by atoms with Crippen LogP contribution in [0.15, 0.2) is 24.3 Å². The van der Waals surface area contributed by atoms with Crippen molar-refractivity contribution >= 4 is 35.8 Å². The van der Waals surface area contributed by atoms with Crippen LogP contribution in [0.5, 0.6) is 0 Å². The molecule has 0 unspecified atom stereocenters. The van der Waals surface area contributed by atoms with Gasteiger partial charge >= 0.3 is 0 Å². The van der Waals surface area contributed by atoms with Crippen LogP contribution in [-0.4, -0.2) is 30.4 Å². The maximum atomic E-state index is 11.9. The number of halogens is 2. The van der Waals surface area contributed by atoms with Gasteiger partial charge in [0.25, 0.3) is 5.91 Å². The summed E-state index contributed by atoms with van der Waals surface area (Å²) in [5.41, 5.74) is 6.35. The van der Waals surface area contributed by atoms with Crippen molar-refractivity contribution in [3.05, 3.63) is 34.9 Å². The Morgan fingerprint density at radius 2 is 1.71 bits per heavy atom. The number of benzene rings is 1. The Balaban J connectivity index is 0.00000529. The highest BCUT2D eigenvalue weighted by atomic mass is 35.5. The average Bonchev–Trinajstić information content (AvgIpc) is 2.57. The third kappa shape index (κ3) is 7.99. The Labute approximate surface area is 155 Å². The molecule has 0 saturated carbocycles. The van der Waals surface area contributed by atoms with Crippen molar-refractivity contribution in [3.8, 4) is 0 Å². The molecule has 136 valence electrons. The summed E-state index contributed by atoms with van der Waals surface area (Å²) in [5.74, 6) is -0.206. The summed E-state index contributed by atoms with van der Waals surface area (Å²) in [7, 11) is 0. The van der Waals surface area contributed by atoms with Gasteiger partial charge in [-0.05, 0) is 43.5 Å². The molecule has 24 heavy (non-hydrogen) atoms. The number of amides is 2. The molecular weight excluding hydrogens is 349 g/mol. The molecule has 0 heterocycles. The number of carbonyl (C=O) groups is 2. The summed E-state index contributed by atoms with van der Waals surface area (Å²) in [5, 5.41) is 6.23. The molecular formula is C17H27Cl2N3O2. The molecule has 0 aliphatic heterocycles. The quantitative estimate of drug-likeness (QED) is 0.580. The van der Waals surface area contributed by atoms with Gasteiger partial charge in [0.1, 0.15) is 0 Å². The predicted molar refractivity (Wildman–Crippen MR) is 101 cm³/mol. The number of nitrogens with one attached hydrogen (secondary N) is 2. The Kier molecular flexibility index (Phi) is 10.7. The van der Waals surface area contributed by atoms with E-state index in [1.54, 1.807) is 24.3 Å². The van der Waals surface area contributed by atoms with Gasteiger partial charge in [0.15, 0.2) is 0 Å². The van der Waals surface area contributed by atoms with Crippen LogP contribution in [0.2, 0.25) is 5.02 Å². The molecule has 1 aromatic carbocycles. The molecule has 0 atom stereocenters. The van der Waals surface area contributed by atoms with Crippen LogP contribution in [0.25, 0.3) is 0 Å². The number of hydrogen-bond acceptors (Lipinski definition) is 3. The van der Waals surface area contributed by atoms with Gasteiger partial charge in [0, 0.05) is 35.6 Å². The van der Waals surface area contributed by atoms with Crippen molar-refractivity contribution in [1.82, 2.24) is 10.6 Å². The smallest absolute Gasteiger partial charge is 0.251 e. The number of rotatable bonds is 9. The molecule has 1 rings (SSSR count). The summed E-state index contributed by atoms with van der Waals surface area (Å²) in [6, 6.07) is 6.68. The summed E-state index contributed by atoms with van der Waals surface area (Å²) >= 11 is 5.78. The van der Waals surface area contributed by atoms with Gasteiger partial charge in [-0.1, -0.05) is 25.4 Å². The molecule has 0 fully saturated rings. The molecule has 0 radical (unpaired) electrons. The summed E-state index contributed by atoms with van der Waals surface area (Å²) in [6.45, 7) is 4.96. The molecule has 0 spiro atoms. The van der Waals surface area contributed by atoms with Crippen LogP contribution in [0.3, 0.4) is 0 Å². The normalized spacial score (nSPS) is 10.7. The molecule has 0 aliphatic rings. The topological polar surface area (TPSA) is 84.2 Å². The third-order valence-electron chi connectivity index (χ3n) is 4.02. The van der Waals surface area contributed by atoms with Gasteiger partial charge in [0.2, 0.25) is 5.91 Å². The van der Waals surface area contributed by atoms with Crippen molar-refractivity contribution in [1.29, 1.82) is 0 Å². The Morgan fingerprint density at radius 1 is 1.12 bits per heavy atom. The van der Waals surface area contributed by atoms with E-state index >= 15 is 0 Å². The summed E-state index contributed by atoms with van der Waals surface area (Å²) in [4.78, 5) is 23.6. The molecule has 0 saturated heterocycles. The zero-order valence-electron chi connectivity index (χ0n) is 14.2.